The molecule has 0 unspecified atom stereocenters. The average Bonchev–Trinajstić information content (AvgIpc) is 3.31. The summed E-state index contributed by atoms with van der Waals surface area (Å²) in [6.07, 6.45) is -3.26. The molecule has 1 aromatic heterocycles. The first-order valence-electron chi connectivity index (χ1n) is 13.6. The van der Waals surface area contributed by atoms with Crippen LogP contribution in [0, 0.1) is 0 Å². The first-order chi connectivity index (χ1) is 19.7. The van der Waals surface area contributed by atoms with Gasteiger partial charge in [0.2, 0.25) is 5.91 Å². The molecule has 3 rings (SSSR count). The number of aryl methyl sites for hydroxylation is 1. The number of nitrogens with one attached hydrogen (secondary N) is 1. The standard InChI is InChI=1S/C30H36ClF3N4O4/c1-6-26(38(5)19(3)40)28-36-25(17-37(28)4)21-9-7-20(8-10-21)15-23(13-14-39)35-29(41)22-11-12-27(24(31)16-22)42-18(2)30(32,33)34/h7-12,16-18,23,26,39H,6,13-15H2,1-5H3,(H,35,41)/t18-,23-,26-/m1/s1. The molecule has 0 fully saturated rings. The van der Waals surface area contributed by atoms with Gasteiger partial charge in [0.05, 0.1) is 16.8 Å². The summed E-state index contributed by atoms with van der Waals surface area (Å²) in [7, 11) is 3.66. The third-order valence-corrected chi connectivity index (χ3v) is 7.36. The minimum Gasteiger partial charge on any atom is -0.480 e. The van der Waals surface area contributed by atoms with Gasteiger partial charge in [0.15, 0.2) is 6.10 Å². The third kappa shape index (κ3) is 8.25. The summed E-state index contributed by atoms with van der Waals surface area (Å²) >= 11 is 6.09. The van der Waals surface area contributed by atoms with Crippen LogP contribution >= 0.6 is 11.6 Å². The predicted octanol–water partition coefficient (Wildman–Crippen LogP) is 5.72. The molecule has 2 aromatic carbocycles. The highest BCUT2D eigenvalue weighted by Gasteiger charge is 2.38. The molecule has 0 aliphatic heterocycles. The molecule has 0 radical (unpaired) electrons. The number of amides is 2. The topological polar surface area (TPSA) is 96.7 Å². The van der Waals surface area contributed by atoms with Gasteiger partial charge in [-0.3, -0.25) is 9.59 Å². The fraction of sp³-hybridized carbons (Fsp3) is 0.433. The Morgan fingerprint density at radius 2 is 1.86 bits per heavy atom. The van der Waals surface area contributed by atoms with Crippen LogP contribution in [-0.4, -0.2) is 63.3 Å². The number of rotatable bonds is 12. The van der Waals surface area contributed by atoms with E-state index in [1.54, 1.807) is 11.9 Å². The molecule has 3 aromatic rings. The summed E-state index contributed by atoms with van der Waals surface area (Å²) in [4.78, 5) is 31.3. The molecule has 3 atom stereocenters. The summed E-state index contributed by atoms with van der Waals surface area (Å²) < 4.78 is 45.3. The summed E-state index contributed by atoms with van der Waals surface area (Å²) in [5, 5.41) is 12.3. The maximum absolute atomic E-state index is 12.9. The van der Waals surface area contributed by atoms with Gasteiger partial charge in [0.25, 0.3) is 5.91 Å². The van der Waals surface area contributed by atoms with Gasteiger partial charge in [-0.15, -0.1) is 0 Å². The summed E-state index contributed by atoms with van der Waals surface area (Å²) in [6, 6.07) is 10.9. The highest BCUT2D eigenvalue weighted by Crippen LogP contribution is 2.31. The highest BCUT2D eigenvalue weighted by molar-refractivity contribution is 6.32. The second-order valence-corrected chi connectivity index (χ2v) is 10.6. The van der Waals surface area contributed by atoms with Crippen LogP contribution in [0.3, 0.4) is 0 Å². The van der Waals surface area contributed by atoms with Crippen LogP contribution < -0.4 is 10.1 Å². The van der Waals surface area contributed by atoms with Crippen LogP contribution in [0.25, 0.3) is 11.3 Å². The Morgan fingerprint density at radius 1 is 1.19 bits per heavy atom. The molecule has 2 amide bonds. The molecule has 0 aliphatic carbocycles. The molecule has 0 aliphatic rings. The molecule has 8 nitrogen and oxygen atoms in total. The average molecular weight is 609 g/mol. The van der Waals surface area contributed by atoms with Gasteiger partial charge in [-0.05, 0) is 49.9 Å². The highest BCUT2D eigenvalue weighted by atomic mass is 35.5. The number of hydrogen-bond acceptors (Lipinski definition) is 5. The Hall–Kier alpha value is -3.57. The number of aliphatic hydroxyl groups is 1. The zero-order chi connectivity index (χ0) is 31.2. The van der Waals surface area contributed by atoms with Crippen molar-refractivity contribution in [3.63, 3.8) is 0 Å². The number of aromatic nitrogens is 2. The molecule has 1 heterocycles. The van der Waals surface area contributed by atoms with Crippen molar-refractivity contribution in [3.05, 3.63) is 70.6 Å². The number of ether oxygens (including phenoxy) is 1. The van der Waals surface area contributed by atoms with Crippen molar-refractivity contribution in [1.29, 1.82) is 0 Å². The minimum absolute atomic E-state index is 0.0371. The largest absolute Gasteiger partial charge is 0.480 e. The Labute approximate surface area is 248 Å². The quantitative estimate of drug-likeness (QED) is 0.274. The smallest absolute Gasteiger partial charge is 0.425 e. The fourth-order valence-electron chi connectivity index (χ4n) is 4.52. The zero-order valence-corrected chi connectivity index (χ0v) is 25.0. The number of halogens is 4. The minimum atomic E-state index is -4.55. The van der Waals surface area contributed by atoms with Crippen LogP contribution in [-0.2, 0) is 18.3 Å². The van der Waals surface area contributed by atoms with Crippen molar-refractivity contribution in [2.75, 3.05) is 13.7 Å². The van der Waals surface area contributed by atoms with Gasteiger partial charge in [-0.1, -0.05) is 42.8 Å². The van der Waals surface area contributed by atoms with E-state index in [1.165, 1.54) is 25.1 Å². The van der Waals surface area contributed by atoms with E-state index in [4.69, 9.17) is 21.3 Å². The number of imidazole rings is 1. The molecular weight excluding hydrogens is 573 g/mol. The molecule has 0 saturated carbocycles. The molecule has 2 N–H and O–H groups in total. The van der Waals surface area contributed by atoms with Gasteiger partial charge in [0, 0.05) is 51.0 Å². The second kappa shape index (κ2) is 14.1. The predicted molar refractivity (Wildman–Crippen MR) is 154 cm³/mol. The Bertz CT molecular complexity index is 1380. The van der Waals surface area contributed by atoms with Crippen molar-refractivity contribution in [1.82, 2.24) is 19.8 Å². The zero-order valence-electron chi connectivity index (χ0n) is 24.2. The van der Waals surface area contributed by atoms with Crippen LogP contribution in [0.2, 0.25) is 5.02 Å². The number of alkyl halides is 3. The second-order valence-electron chi connectivity index (χ2n) is 10.2. The lowest BCUT2D eigenvalue weighted by Gasteiger charge is -2.25. The Balaban J connectivity index is 1.70. The summed E-state index contributed by atoms with van der Waals surface area (Å²) in [5.74, 6) is 0.0881. The lowest BCUT2D eigenvalue weighted by molar-refractivity contribution is -0.189. The molecule has 0 spiro atoms. The van der Waals surface area contributed by atoms with Gasteiger partial charge in [-0.25, -0.2) is 4.98 Å². The molecule has 42 heavy (non-hydrogen) atoms. The van der Waals surface area contributed by atoms with Crippen LogP contribution in [0.5, 0.6) is 5.75 Å². The molecular formula is C30H36ClF3N4O4. The lowest BCUT2D eigenvalue weighted by atomic mass is 10.0. The molecule has 228 valence electrons. The van der Waals surface area contributed by atoms with Crippen LogP contribution in [0.15, 0.2) is 48.7 Å². The van der Waals surface area contributed by atoms with Crippen LogP contribution in [0.1, 0.15) is 61.4 Å². The number of benzene rings is 2. The van der Waals surface area contributed by atoms with E-state index in [9.17, 15) is 27.9 Å². The van der Waals surface area contributed by atoms with E-state index >= 15 is 0 Å². The summed E-state index contributed by atoms with van der Waals surface area (Å²) in [6.45, 7) is 4.25. The fourth-order valence-corrected chi connectivity index (χ4v) is 4.74. The molecule has 0 saturated heterocycles. The van der Waals surface area contributed by atoms with Crippen molar-refractivity contribution in [3.8, 4) is 17.0 Å². The van der Waals surface area contributed by atoms with Gasteiger partial charge >= 0.3 is 6.18 Å². The van der Waals surface area contributed by atoms with Crippen molar-refractivity contribution in [2.24, 2.45) is 7.05 Å². The first-order valence-corrected chi connectivity index (χ1v) is 13.9. The number of nitrogens with zero attached hydrogens (tertiary/aromatic N) is 3. The number of aliphatic hydroxyl groups excluding tert-OH is 1. The van der Waals surface area contributed by atoms with Gasteiger partial charge in [0.1, 0.15) is 11.6 Å². The van der Waals surface area contributed by atoms with Gasteiger partial charge < -0.3 is 24.6 Å². The maximum atomic E-state index is 12.9. The van der Waals surface area contributed by atoms with Crippen molar-refractivity contribution in [2.45, 2.75) is 64.4 Å². The normalized spacial score (nSPS) is 13.8. The van der Waals surface area contributed by atoms with E-state index in [1.807, 2.05) is 49.0 Å². The Kier molecular flexibility index (Phi) is 11.0. The first kappa shape index (κ1) is 32.9. The summed E-state index contributed by atoms with van der Waals surface area (Å²) in [5.41, 5.74) is 2.72. The number of carbonyl (C=O) groups is 2. The lowest BCUT2D eigenvalue weighted by Crippen LogP contribution is -2.37. The van der Waals surface area contributed by atoms with Crippen molar-refractivity contribution < 1.29 is 32.6 Å². The molecule has 12 heteroatoms. The molecule has 0 bridgehead atoms. The van der Waals surface area contributed by atoms with Crippen molar-refractivity contribution >= 4 is 23.4 Å². The third-order valence-electron chi connectivity index (χ3n) is 7.06. The monoisotopic (exact) mass is 608 g/mol. The van der Waals surface area contributed by atoms with Gasteiger partial charge in [-0.2, -0.15) is 13.2 Å². The Morgan fingerprint density at radius 3 is 2.40 bits per heavy atom. The van der Waals surface area contributed by atoms with E-state index in [2.05, 4.69) is 5.32 Å². The van der Waals surface area contributed by atoms with E-state index < -0.39 is 24.2 Å². The number of hydrogen-bond donors (Lipinski definition) is 2. The van der Waals surface area contributed by atoms with E-state index in [0.29, 0.717) is 6.42 Å². The maximum Gasteiger partial charge on any atom is 0.425 e. The van der Waals surface area contributed by atoms with E-state index in [-0.39, 0.29) is 41.3 Å². The number of carbonyl (C=O) groups excluding carboxylic acids is 2. The van der Waals surface area contributed by atoms with Crippen LogP contribution in [0.4, 0.5) is 13.2 Å². The SMILES string of the molecule is CC[C@H](c1nc(-c2ccc(C[C@@H](CCO)NC(=O)c3ccc(O[C@H](C)C(F)(F)F)c(Cl)c3)cc2)cn1C)N(C)C(C)=O. The van der Waals surface area contributed by atoms with E-state index in [0.717, 1.165) is 36.0 Å².